The summed E-state index contributed by atoms with van der Waals surface area (Å²) in [4.78, 5) is 52.0. The molecule has 182 valence electrons. The number of amides is 2. The number of nitrogens with one attached hydrogen (secondary N) is 1. The summed E-state index contributed by atoms with van der Waals surface area (Å²) in [5.41, 5.74) is -1.30. The van der Waals surface area contributed by atoms with Gasteiger partial charge in [-0.15, -0.1) is 0 Å². The predicted molar refractivity (Wildman–Crippen MR) is 123 cm³/mol. The van der Waals surface area contributed by atoms with E-state index in [1.165, 1.54) is 4.90 Å². The highest BCUT2D eigenvalue weighted by atomic mass is 16.6. The summed E-state index contributed by atoms with van der Waals surface area (Å²) in [6.45, 7) is 9.48. The third kappa shape index (κ3) is 7.30. The van der Waals surface area contributed by atoms with E-state index < -0.39 is 35.2 Å². The van der Waals surface area contributed by atoms with E-state index >= 15 is 0 Å². The van der Waals surface area contributed by atoms with Crippen molar-refractivity contribution in [2.24, 2.45) is 5.92 Å². The van der Waals surface area contributed by atoms with E-state index in [1.54, 1.807) is 20.8 Å². The molecule has 1 aromatic rings. The van der Waals surface area contributed by atoms with E-state index in [0.29, 0.717) is 32.1 Å². The molecule has 0 bridgehead atoms. The molecule has 0 unspecified atom stereocenters. The Kier molecular flexibility index (Phi) is 9.02. The van der Waals surface area contributed by atoms with Gasteiger partial charge < -0.3 is 19.6 Å². The molecule has 1 aromatic carbocycles. The number of carbonyl (C=O) groups excluding carboxylic acids is 4. The molecule has 33 heavy (non-hydrogen) atoms. The first-order valence-electron chi connectivity index (χ1n) is 11.4. The molecule has 0 spiro atoms. The van der Waals surface area contributed by atoms with Crippen LogP contribution in [-0.2, 0) is 30.5 Å². The number of aldehydes is 1. The van der Waals surface area contributed by atoms with Gasteiger partial charge in [0.15, 0.2) is 0 Å². The number of ether oxygens (including phenoxy) is 2. The van der Waals surface area contributed by atoms with Crippen LogP contribution in [0.2, 0.25) is 0 Å². The largest absolute Gasteiger partial charge is 0.459 e. The van der Waals surface area contributed by atoms with Crippen molar-refractivity contribution in [3.63, 3.8) is 0 Å². The van der Waals surface area contributed by atoms with Crippen LogP contribution in [-0.4, -0.2) is 52.9 Å². The number of carbonyl (C=O) groups is 4. The van der Waals surface area contributed by atoms with Crippen molar-refractivity contribution in [3.8, 4) is 0 Å². The lowest BCUT2D eigenvalue weighted by Gasteiger charge is -2.37. The number of esters is 1. The van der Waals surface area contributed by atoms with Gasteiger partial charge in [0.25, 0.3) is 0 Å². The highest BCUT2D eigenvalue weighted by Gasteiger charge is 2.51. The van der Waals surface area contributed by atoms with Crippen LogP contribution in [0.5, 0.6) is 0 Å². The molecule has 2 rings (SSSR count). The monoisotopic (exact) mass is 460 g/mol. The van der Waals surface area contributed by atoms with Crippen molar-refractivity contribution >= 4 is 24.3 Å². The molecule has 1 heterocycles. The minimum atomic E-state index is -1.39. The Morgan fingerprint density at radius 1 is 1.18 bits per heavy atom. The normalized spacial score (nSPS) is 19.2. The van der Waals surface area contributed by atoms with Crippen LogP contribution in [0.15, 0.2) is 30.3 Å². The molecule has 1 fully saturated rings. The molecule has 1 N–H and O–H groups in total. The van der Waals surface area contributed by atoms with Crippen LogP contribution in [0.25, 0.3) is 0 Å². The van der Waals surface area contributed by atoms with Crippen molar-refractivity contribution in [3.05, 3.63) is 35.9 Å². The molecule has 1 aliphatic heterocycles. The van der Waals surface area contributed by atoms with Gasteiger partial charge in [-0.3, -0.25) is 9.69 Å². The SMILES string of the molecule is CC(C)C[C@@H](NC(=O)[C@]1(CC=O)CCCN1C(=O)OC(C)(C)C)C(=O)OCc1ccccc1. The molecule has 2 amide bonds. The Morgan fingerprint density at radius 2 is 1.85 bits per heavy atom. The van der Waals surface area contributed by atoms with Gasteiger partial charge in [-0.2, -0.15) is 0 Å². The van der Waals surface area contributed by atoms with Gasteiger partial charge in [0.05, 0.1) is 0 Å². The zero-order valence-corrected chi connectivity index (χ0v) is 20.3. The fourth-order valence-electron chi connectivity index (χ4n) is 3.95. The van der Waals surface area contributed by atoms with Gasteiger partial charge in [-0.05, 0) is 51.5 Å². The van der Waals surface area contributed by atoms with Crippen LogP contribution < -0.4 is 5.32 Å². The smallest absolute Gasteiger partial charge is 0.411 e. The Morgan fingerprint density at radius 3 is 2.42 bits per heavy atom. The lowest BCUT2D eigenvalue weighted by Crippen LogP contribution is -2.60. The zero-order chi connectivity index (χ0) is 24.6. The minimum Gasteiger partial charge on any atom is -0.459 e. The first-order chi connectivity index (χ1) is 15.5. The molecule has 0 aliphatic carbocycles. The average molecular weight is 461 g/mol. The van der Waals surface area contributed by atoms with Gasteiger partial charge in [-0.1, -0.05) is 44.2 Å². The van der Waals surface area contributed by atoms with Gasteiger partial charge in [0, 0.05) is 13.0 Å². The van der Waals surface area contributed by atoms with E-state index in [1.807, 2.05) is 44.2 Å². The molecule has 0 aromatic heterocycles. The second kappa shape index (κ2) is 11.3. The maximum absolute atomic E-state index is 13.5. The van der Waals surface area contributed by atoms with E-state index in [4.69, 9.17) is 9.47 Å². The second-order valence-corrected chi connectivity index (χ2v) is 9.89. The van der Waals surface area contributed by atoms with Crippen molar-refractivity contribution in [1.29, 1.82) is 0 Å². The molecule has 8 nitrogen and oxygen atoms in total. The third-order valence-electron chi connectivity index (χ3n) is 5.47. The second-order valence-electron chi connectivity index (χ2n) is 9.89. The highest BCUT2D eigenvalue weighted by molar-refractivity contribution is 5.95. The van der Waals surface area contributed by atoms with Crippen LogP contribution in [0.4, 0.5) is 4.79 Å². The molecule has 8 heteroatoms. The van der Waals surface area contributed by atoms with Crippen LogP contribution >= 0.6 is 0 Å². The van der Waals surface area contributed by atoms with Gasteiger partial charge >= 0.3 is 12.1 Å². The van der Waals surface area contributed by atoms with Crippen molar-refractivity contribution in [2.45, 2.75) is 84.1 Å². The molecular weight excluding hydrogens is 424 g/mol. The van der Waals surface area contributed by atoms with Gasteiger partial charge in [0.1, 0.15) is 30.1 Å². The van der Waals surface area contributed by atoms with Gasteiger partial charge in [-0.25, -0.2) is 9.59 Å². The Labute approximate surface area is 196 Å². The highest BCUT2D eigenvalue weighted by Crippen LogP contribution is 2.34. The Hall–Kier alpha value is -2.90. The number of hydrogen-bond acceptors (Lipinski definition) is 6. The number of likely N-dealkylation sites (tertiary alicyclic amines) is 1. The Balaban J connectivity index is 2.20. The fraction of sp³-hybridized carbons (Fsp3) is 0.600. The average Bonchev–Trinajstić information content (AvgIpc) is 3.16. The molecule has 0 radical (unpaired) electrons. The van der Waals surface area contributed by atoms with Gasteiger partial charge in [0.2, 0.25) is 5.91 Å². The first kappa shape index (κ1) is 26.4. The lowest BCUT2D eigenvalue weighted by atomic mass is 9.90. The van der Waals surface area contributed by atoms with E-state index in [2.05, 4.69) is 5.32 Å². The summed E-state index contributed by atoms with van der Waals surface area (Å²) >= 11 is 0. The van der Waals surface area contributed by atoms with Crippen LogP contribution in [0.1, 0.15) is 65.9 Å². The Bertz CT molecular complexity index is 833. The fourth-order valence-corrected chi connectivity index (χ4v) is 3.95. The molecule has 1 aliphatic rings. The summed E-state index contributed by atoms with van der Waals surface area (Å²) in [6.07, 6.45) is 1.03. The molecule has 1 saturated heterocycles. The van der Waals surface area contributed by atoms with E-state index in [9.17, 15) is 19.2 Å². The first-order valence-corrected chi connectivity index (χ1v) is 11.4. The van der Waals surface area contributed by atoms with Crippen molar-refractivity contribution < 1.29 is 28.7 Å². The predicted octanol–water partition coefficient (Wildman–Crippen LogP) is 3.62. The summed E-state index contributed by atoms with van der Waals surface area (Å²) in [5.74, 6) is -0.989. The number of nitrogens with zero attached hydrogens (tertiary/aromatic N) is 1. The van der Waals surface area contributed by atoms with Crippen LogP contribution in [0, 0.1) is 5.92 Å². The summed E-state index contributed by atoms with van der Waals surface area (Å²) in [7, 11) is 0. The maximum atomic E-state index is 13.5. The number of rotatable bonds is 9. The van der Waals surface area contributed by atoms with E-state index in [-0.39, 0.29) is 18.9 Å². The third-order valence-corrected chi connectivity index (χ3v) is 5.47. The van der Waals surface area contributed by atoms with Crippen molar-refractivity contribution in [1.82, 2.24) is 10.2 Å². The summed E-state index contributed by atoms with van der Waals surface area (Å²) in [6, 6.07) is 8.37. The lowest BCUT2D eigenvalue weighted by molar-refractivity contribution is -0.151. The maximum Gasteiger partial charge on any atom is 0.411 e. The van der Waals surface area contributed by atoms with Crippen LogP contribution in [0.3, 0.4) is 0 Å². The summed E-state index contributed by atoms with van der Waals surface area (Å²) in [5, 5.41) is 2.78. The minimum absolute atomic E-state index is 0.0909. The zero-order valence-electron chi connectivity index (χ0n) is 20.3. The number of benzene rings is 1. The molecular formula is C25H36N2O6. The van der Waals surface area contributed by atoms with E-state index in [0.717, 1.165) is 5.56 Å². The molecule has 2 atom stereocenters. The standard InChI is InChI=1S/C25H36N2O6/c1-18(2)16-20(21(29)32-17-19-10-7-6-8-11-19)26-22(30)25(13-15-28)12-9-14-27(25)23(31)33-24(3,4)5/h6-8,10-11,15,18,20H,9,12-14,16-17H2,1-5H3,(H,26,30)/t20-,25-/m1/s1. The summed E-state index contributed by atoms with van der Waals surface area (Å²) < 4.78 is 10.9. The quantitative estimate of drug-likeness (QED) is 0.446. The van der Waals surface area contributed by atoms with Crippen molar-refractivity contribution in [2.75, 3.05) is 6.54 Å². The molecule has 0 saturated carbocycles. The topological polar surface area (TPSA) is 102 Å². The number of hydrogen-bond donors (Lipinski definition) is 1.